The van der Waals surface area contributed by atoms with Gasteiger partial charge in [0.2, 0.25) is 0 Å². The summed E-state index contributed by atoms with van der Waals surface area (Å²) in [6, 6.07) is 4.26. The number of nitrogens with zero attached hydrogens (tertiary/aromatic N) is 2. The van der Waals surface area contributed by atoms with Gasteiger partial charge in [0, 0.05) is 18.7 Å². The Balaban J connectivity index is 1.74. The van der Waals surface area contributed by atoms with E-state index >= 15 is 0 Å². The van der Waals surface area contributed by atoms with Crippen LogP contribution in [0.2, 0.25) is 0 Å². The lowest BCUT2D eigenvalue weighted by Gasteiger charge is -2.43. The van der Waals surface area contributed by atoms with Crippen molar-refractivity contribution in [1.82, 2.24) is 9.88 Å². The SMILES string of the molecule is CC1c2cccnc2[C@H]2[C@H]3CC[C@H]3CN2[C@@H]1C(=O)OC(C)(C)C. The molecule has 5 atom stereocenters. The van der Waals surface area contributed by atoms with Gasteiger partial charge in [0.25, 0.3) is 0 Å². The van der Waals surface area contributed by atoms with Crippen LogP contribution in [-0.4, -0.2) is 34.0 Å². The number of carbonyl (C=O) groups is 1. The van der Waals surface area contributed by atoms with Gasteiger partial charge in [-0.3, -0.25) is 14.7 Å². The highest BCUT2D eigenvalue weighted by Crippen LogP contribution is 2.56. The largest absolute Gasteiger partial charge is 0.459 e. The molecule has 0 spiro atoms. The van der Waals surface area contributed by atoms with Crippen molar-refractivity contribution in [2.45, 2.75) is 64.1 Å². The van der Waals surface area contributed by atoms with Crippen LogP contribution in [0.1, 0.15) is 63.8 Å². The van der Waals surface area contributed by atoms with Crippen LogP contribution in [0.5, 0.6) is 0 Å². The van der Waals surface area contributed by atoms with Crippen LogP contribution in [-0.2, 0) is 9.53 Å². The maximum absolute atomic E-state index is 12.9. The van der Waals surface area contributed by atoms with Crippen LogP contribution >= 0.6 is 0 Å². The van der Waals surface area contributed by atoms with E-state index in [1.807, 2.05) is 33.0 Å². The zero-order chi connectivity index (χ0) is 16.4. The minimum atomic E-state index is -0.444. The molecule has 4 heteroatoms. The van der Waals surface area contributed by atoms with Gasteiger partial charge in [-0.05, 0) is 57.1 Å². The van der Waals surface area contributed by atoms with Crippen LogP contribution < -0.4 is 0 Å². The molecular formula is C19H26N2O2. The Labute approximate surface area is 138 Å². The van der Waals surface area contributed by atoms with Gasteiger partial charge in [-0.1, -0.05) is 13.0 Å². The number of carbonyl (C=O) groups excluding carboxylic acids is 1. The molecule has 1 aromatic rings. The summed E-state index contributed by atoms with van der Waals surface area (Å²) in [6.07, 6.45) is 4.44. The lowest BCUT2D eigenvalue weighted by Crippen LogP contribution is -2.50. The van der Waals surface area contributed by atoms with E-state index in [1.54, 1.807) is 0 Å². The van der Waals surface area contributed by atoms with Gasteiger partial charge in [-0.15, -0.1) is 0 Å². The maximum Gasteiger partial charge on any atom is 0.324 e. The molecule has 1 aliphatic carbocycles. The fourth-order valence-electron chi connectivity index (χ4n) is 4.73. The molecule has 4 rings (SSSR count). The van der Waals surface area contributed by atoms with Crippen molar-refractivity contribution in [3.8, 4) is 0 Å². The molecule has 2 aliphatic heterocycles. The Hall–Kier alpha value is -1.42. The number of aromatic nitrogens is 1. The zero-order valence-corrected chi connectivity index (χ0v) is 14.5. The van der Waals surface area contributed by atoms with Gasteiger partial charge in [-0.2, -0.15) is 0 Å². The van der Waals surface area contributed by atoms with E-state index in [2.05, 4.69) is 17.9 Å². The highest BCUT2D eigenvalue weighted by Gasteiger charge is 2.56. The van der Waals surface area contributed by atoms with Crippen LogP contribution in [0.15, 0.2) is 18.3 Å². The van der Waals surface area contributed by atoms with E-state index in [4.69, 9.17) is 9.72 Å². The van der Waals surface area contributed by atoms with Crippen LogP contribution in [0.4, 0.5) is 0 Å². The third-order valence-corrected chi connectivity index (χ3v) is 5.81. The summed E-state index contributed by atoms with van der Waals surface area (Å²) >= 11 is 0. The monoisotopic (exact) mass is 314 g/mol. The second-order valence-electron chi connectivity index (χ2n) is 8.39. The number of rotatable bonds is 1. The average Bonchev–Trinajstić information content (AvgIpc) is 2.69. The first kappa shape index (κ1) is 15.1. The van der Waals surface area contributed by atoms with Gasteiger partial charge >= 0.3 is 5.97 Å². The molecular weight excluding hydrogens is 288 g/mol. The number of ether oxygens (including phenoxy) is 1. The van der Waals surface area contributed by atoms with Crippen molar-refractivity contribution in [3.05, 3.63) is 29.6 Å². The summed E-state index contributed by atoms with van der Waals surface area (Å²) in [6.45, 7) is 8.99. The second-order valence-corrected chi connectivity index (χ2v) is 8.39. The average molecular weight is 314 g/mol. The lowest BCUT2D eigenvalue weighted by atomic mass is 9.70. The van der Waals surface area contributed by atoms with Gasteiger partial charge in [-0.25, -0.2) is 0 Å². The van der Waals surface area contributed by atoms with E-state index < -0.39 is 5.60 Å². The Morgan fingerprint density at radius 2 is 2.13 bits per heavy atom. The molecule has 3 heterocycles. The molecule has 0 radical (unpaired) electrons. The van der Waals surface area contributed by atoms with Crippen molar-refractivity contribution < 1.29 is 9.53 Å². The summed E-state index contributed by atoms with van der Waals surface area (Å²) in [5, 5.41) is 0. The number of esters is 1. The van der Waals surface area contributed by atoms with E-state index in [-0.39, 0.29) is 17.9 Å². The van der Waals surface area contributed by atoms with Crippen molar-refractivity contribution >= 4 is 5.97 Å². The third-order valence-electron chi connectivity index (χ3n) is 5.81. The minimum Gasteiger partial charge on any atom is -0.459 e. The van der Waals surface area contributed by atoms with E-state index in [0.717, 1.165) is 12.5 Å². The Morgan fingerprint density at radius 3 is 2.78 bits per heavy atom. The van der Waals surface area contributed by atoms with Crippen LogP contribution in [0.25, 0.3) is 0 Å². The predicted octanol–water partition coefficient (Wildman–Crippen LogP) is 3.29. The molecule has 0 N–H and O–H groups in total. The molecule has 1 saturated carbocycles. The van der Waals surface area contributed by atoms with Gasteiger partial charge < -0.3 is 4.74 Å². The Morgan fingerprint density at radius 1 is 1.35 bits per heavy atom. The van der Waals surface area contributed by atoms with E-state index in [9.17, 15) is 4.79 Å². The Kier molecular flexibility index (Phi) is 3.31. The molecule has 1 saturated heterocycles. The summed E-state index contributed by atoms with van der Waals surface area (Å²) in [5.41, 5.74) is 1.99. The van der Waals surface area contributed by atoms with Gasteiger partial charge in [0.15, 0.2) is 0 Å². The maximum atomic E-state index is 12.9. The standard InChI is InChI=1S/C19H26N2O2/c1-11-13-6-5-9-20-15(13)17-14-8-7-12(14)10-21(17)16(11)18(22)23-19(2,3)4/h5-6,9,11-12,14,16-17H,7-8,10H2,1-4H3/t11?,12-,14-,16-,17+/m0/s1. The van der Waals surface area contributed by atoms with Crippen LogP contribution in [0, 0.1) is 11.8 Å². The number of hydrogen-bond acceptors (Lipinski definition) is 4. The van der Waals surface area contributed by atoms with E-state index in [1.165, 1.54) is 24.1 Å². The van der Waals surface area contributed by atoms with E-state index in [0.29, 0.717) is 12.0 Å². The topological polar surface area (TPSA) is 42.4 Å². The molecule has 0 amide bonds. The predicted molar refractivity (Wildman–Crippen MR) is 87.9 cm³/mol. The summed E-state index contributed by atoms with van der Waals surface area (Å²) in [7, 11) is 0. The highest BCUT2D eigenvalue weighted by atomic mass is 16.6. The molecule has 124 valence electrons. The first-order chi connectivity index (χ1) is 10.9. The zero-order valence-electron chi connectivity index (χ0n) is 14.5. The first-order valence-corrected chi connectivity index (χ1v) is 8.80. The summed E-state index contributed by atoms with van der Waals surface area (Å²) in [4.78, 5) is 20.0. The van der Waals surface area contributed by atoms with Gasteiger partial charge in [0.1, 0.15) is 11.6 Å². The normalized spacial score (nSPS) is 35.7. The fourth-order valence-corrected chi connectivity index (χ4v) is 4.73. The van der Waals surface area contributed by atoms with Gasteiger partial charge in [0.05, 0.1) is 11.7 Å². The molecule has 1 aromatic heterocycles. The van der Waals surface area contributed by atoms with Crippen molar-refractivity contribution in [2.24, 2.45) is 11.8 Å². The van der Waals surface area contributed by atoms with Crippen molar-refractivity contribution in [1.29, 1.82) is 0 Å². The molecule has 3 aliphatic rings. The Bertz CT molecular complexity index is 637. The third kappa shape index (κ3) is 2.30. The molecule has 2 fully saturated rings. The summed E-state index contributed by atoms with van der Waals surface area (Å²) < 4.78 is 5.76. The fraction of sp³-hybridized carbons (Fsp3) is 0.684. The van der Waals surface area contributed by atoms with Crippen LogP contribution in [0.3, 0.4) is 0 Å². The van der Waals surface area contributed by atoms with Crippen molar-refractivity contribution in [3.63, 3.8) is 0 Å². The molecule has 4 nitrogen and oxygen atoms in total. The smallest absolute Gasteiger partial charge is 0.324 e. The summed E-state index contributed by atoms with van der Waals surface area (Å²) in [5.74, 6) is 1.44. The number of fused-ring (bicyclic) bond motifs is 5. The quantitative estimate of drug-likeness (QED) is 0.746. The lowest BCUT2D eigenvalue weighted by molar-refractivity contribution is -0.163. The molecule has 0 bridgehead atoms. The number of hydrogen-bond donors (Lipinski definition) is 0. The first-order valence-electron chi connectivity index (χ1n) is 8.80. The highest BCUT2D eigenvalue weighted by molar-refractivity contribution is 5.78. The second kappa shape index (κ2) is 5.04. The minimum absolute atomic E-state index is 0.0780. The molecule has 1 unspecified atom stereocenters. The molecule has 0 aromatic carbocycles. The number of pyridine rings is 1. The molecule has 23 heavy (non-hydrogen) atoms. The van der Waals surface area contributed by atoms with Crippen molar-refractivity contribution in [2.75, 3.05) is 6.54 Å².